The Morgan fingerprint density at radius 2 is 1.84 bits per heavy atom. The van der Waals surface area contributed by atoms with Crippen LogP contribution in [0.25, 0.3) is 0 Å². The van der Waals surface area contributed by atoms with Gasteiger partial charge in [-0.15, -0.1) is 0 Å². The van der Waals surface area contributed by atoms with Crippen molar-refractivity contribution in [3.8, 4) is 5.88 Å². The van der Waals surface area contributed by atoms with Gasteiger partial charge in [0.15, 0.2) is 5.82 Å². The molecule has 9 nitrogen and oxygen atoms in total. The van der Waals surface area contributed by atoms with Gasteiger partial charge in [-0.25, -0.2) is 14.8 Å². The maximum atomic E-state index is 13.7. The van der Waals surface area contributed by atoms with E-state index in [2.05, 4.69) is 69.5 Å². The van der Waals surface area contributed by atoms with Crippen molar-refractivity contribution in [2.24, 2.45) is 5.92 Å². The van der Waals surface area contributed by atoms with Crippen LogP contribution in [0, 0.1) is 5.92 Å². The number of urea groups is 1. The average Bonchev–Trinajstić information content (AvgIpc) is 3.12. The van der Waals surface area contributed by atoms with Crippen LogP contribution in [0.1, 0.15) is 50.5 Å². The van der Waals surface area contributed by atoms with Crippen molar-refractivity contribution in [2.75, 3.05) is 46.2 Å². The molecule has 1 aromatic carbocycles. The zero-order valence-corrected chi connectivity index (χ0v) is 22.2. The fraction of sp³-hybridized carbons (Fsp3) is 0.571. The van der Waals surface area contributed by atoms with E-state index in [1.807, 2.05) is 0 Å². The average molecular weight is 507 g/mol. The molecule has 2 aromatic rings. The van der Waals surface area contributed by atoms with Gasteiger partial charge in [0.2, 0.25) is 11.8 Å². The Bertz CT molecular complexity index is 1090. The van der Waals surface area contributed by atoms with Gasteiger partial charge < -0.3 is 19.9 Å². The molecule has 2 saturated carbocycles. The number of nitrogens with one attached hydrogen (secondary N) is 1. The molecule has 3 aliphatic rings. The number of ether oxygens (including phenoxy) is 1. The summed E-state index contributed by atoms with van der Waals surface area (Å²) in [6, 6.07) is 10.7. The molecular formula is C28H38N6O3. The van der Waals surface area contributed by atoms with E-state index in [0.717, 1.165) is 32.2 Å². The highest BCUT2D eigenvalue weighted by Gasteiger charge is 2.55. The van der Waals surface area contributed by atoms with Crippen molar-refractivity contribution >= 4 is 17.8 Å². The summed E-state index contributed by atoms with van der Waals surface area (Å²) >= 11 is 0. The third-order valence-corrected chi connectivity index (χ3v) is 8.84. The molecule has 37 heavy (non-hydrogen) atoms. The van der Waals surface area contributed by atoms with Crippen LogP contribution >= 0.6 is 0 Å². The van der Waals surface area contributed by atoms with Gasteiger partial charge >= 0.3 is 6.03 Å². The van der Waals surface area contributed by atoms with E-state index in [0.29, 0.717) is 24.2 Å². The molecule has 0 bridgehead atoms. The third-order valence-electron chi connectivity index (χ3n) is 8.84. The van der Waals surface area contributed by atoms with Crippen molar-refractivity contribution in [2.45, 2.75) is 56.0 Å². The molecule has 5 rings (SSSR count). The van der Waals surface area contributed by atoms with E-state index in [1.165, 1.54) is 44.3 Å². The van der Waals surface area contributed by atoms with Gasteiger partial charge in [0, 0.05) is 18.6 Å². The van der Waals surface area contributed by atoms with Gasteiger partial charge in [-0.2, -0.15) is 0 Å². The first-order valence-electron chi connectivity index (χ1n) is 13.3. The van der Waals surface area contributed by atoms with Crippen molar-refractivity contribution in [3.05, 3.63) is 48.3 Å². The van der Waals surface area contributed by atoms with E-state index in [9.17, 15) is 9.59 Å². The molecule has 2 aliphatic carbocycles. The van der Waals surface area contributed by atoms with Crippen molar-refractivity contribution < 1.29 is 14.3 Å². The first-order chi connectivity index (χ1) is 17.8. The summed E-state index contributed by atoms with van der Waals surface area (Å²) in [6.07, 6.45) is 10.3. The lowest BCUT2D eigenvalue weighted by Crippen LogP contribution is -2.56. The van der Waals surface area contributed by atoms with Gasteiger partial charge in [0.05, 0.1) is 25.0 Å². The number of rotatable bonds is 8. The normalized spacial score (nSPS) is 26.0. The molecular weight excluding hydrogens is 468 g/mol. The second-order valence-corrected chi connectivity index (χ2v) is 11.1. The maximum absolute atomic E-state index is 13.7. The van der Waals surface area contributed by atoms with E-state index in [-0.39, 0.29) is 29.6 Å². The van der Waals surface area contributed by atoms with Crippen LogP contribution < -0.4 is 10.1 Å². The van der Waals surface area contributed by atoms with Crippen molar-refractivity contribution in [1.29, 1.82) is 0 Å². The van der Waals surface area contributed by atoms with Crippen LogP contribution in [0.3, 0.4) is 0 Å². The minimum atomic E-state index is -0.267. The Kier molecular flexibility index (Phi) is 7.07. The number of benzene rings is 1. The Labute approximate surface area is 219 Å². The van der Waals surface area contributed by atoms with E-state index in [4.69, 9.17) is 4.74 Å². The van der Waals surface area contributed by atoms with Gasteiger partial charge in [0.1, 0.15) is 6.54 Å². The van der Waals surface area contributed by atoms with Gasteiger partial charge in [0.25, 0.3) is 0 Å². The molecule has 1 saturated heterocycles. The largest absolute Gasteiger partial charge is 0.480 e. The minimum Gasteiger partial charge on any atom is -0.480 e. The van der Waals surface area contributed by atoms with Crippen LogP contribution in [-0.2, 0) is 10.3 Å². The van der Waals surface area contributed by atoms with E-state index >= 15 is 0 Å². The Hall–Kier alpha value is -3.20. The molecule has 0 atom stereocenters. The van der Waals surface area contributed by atoms with Crippen LogP contribution in [0.2, 0.25) is 0 Å². The molecule has 1 spiro atoms. The summed E-state index contributed by atoms with van der Waals surface area (Å²) in [5, 5.41) is 2.77. The first kappa shape index (κ1) is 25.4. The number of nitrogens with zero attached hydrogens (tertiary/aromatic N) is 5. The highest BCUT2D eigenvalue weighted by Crippen LogP contribution is 2.49. The monoisotopic (exact) mass is 506 g/mol. The van der Waals surface area contributed by atoms with E-state index in [1.54, 1.807) is 4.90 Å². The second kappa shape index (κ2) is 10.3. The summed E-state index contributed by atoms with van der Waals surface area (Å²) in [6.45, 7) is 1.38. The number of carbonyl (C=O) groups is 2. The quantitative estimate of drug-likeness (QED) is 0.587. The van der Waals surface area contributed by atoms with Crippen molar-refractivity contribution in [3.63, 3.8) is 0 Å². The molecule has 0 radical (unpaired) electrons. The number of aromatic nitrogens is 2. The standard InChI is InChI=1S/C28H38N6O3/c1-32(2)28(22-10-5-4-6-11-22)14-12-27(13-15-28)20-33(26(36)34(27)18-21-8-7-9-21)19-24(35)31-23-16-30-25(37-3)17-29-23/h4-6,10-11,16-17,21H,7-9,12-15,18-20H2,1-3H3,(H,29,31,35)/t27-,28-. The molecule has 9 heteroatoms. The van der Waals surface area contributed by atoms with Crippen molar-refractivity contribution in [1.82, 2.24) is 24.7 Å². The Morgan fingerprint density at radius 3 is 2.41 bits per heavy atom. The van der Waals surface area contributed by atoms with E-state index < -0.39 is 0 Å². The molecule has 3 fully saturated rings. The Morgan fingerprint density at radius 1 is 1.11 bits per heavy atom. The highest BCUT2D eigenvalue weighted by molar-refractivity contribution is 5.94. The number of amides is 3. The molecule has 2 heterocycles. The summed E-state index contributed by atoms with van der Waals surface area (Å²) in [4.78, 5) is 41.1. The number of methoxy groups -OCH3 is 1. The van der Waals surface area contributed by atoms with Crippen LogP contribution in [0.15, 0.2) is 42.7 Å². The summed E-state index contributed by atoms with van der Waals surface area (Å²) in [5.74, 6) is 1.02. The van der Waals surface area contributed by atoms with Crippen LogP contribution in [-0.4, -0.2) is 83.0 Å². The summed E-state index contributed by atoms with van der Waals surface area (Å²) in [5.41, 5.74) is 1.05. The lowest BCUT2D eigenvalue weighted by atomic mass is 9.68. The number of hydrogen-bond acceptors (Lipinski definition) is 6. The molecule has 1 aromatic heterocycles. The smallest absolute Gasteiger partial charge is 0.321 e. The topological polar surface area (TPSA) is 90.9 Å². The van der Waals surface area contributed by atoms with Gasteiger partial charge in [-0.3, -0.25) is 9.69 Å². The lowest BCUT2D eigenvalue weighted by Gasteiger charge is -2.51. The first-order valence-corrected chi connectivity index (χ1v) is 13.3. The molecule has 1 aliphatic heterocycles. The number of carbonyl (C=O) groups excluding carboxylic acids is 2. The minimum absolute atomic E-state index is 0.00691. The highest BCUT2D eigenvalue weighted by atomic mass is 16.5. The molecule has 198 valence electrons. The molecule has 3 amide bonds. The predicted octanol–water partition coefficient (Wildman–Crippen LogP) is 3.73. The molecule has 0 unspecified atom stereocenters. The molecule has 1 N–H and O–H groups in total. The zero-order chi connectivity index (χ0) is 26.0. The van der Waals surface area contributed by atoms with Gasteiger partial charge in [-0.1, -0.05) is 36.8 Å². The fourth-order valence-electron chi connectivity index (χ4n) is 6.35. The van der Waals surface area contributed by atoms with Crippen LogP contribution in [0.4, 0.5) is 10.6 Å². The fourth-order valence-corrected chi connectivity index (χ4v) is 6.35. The second-order valence-electron chi connectivity index (χ2n) is 11.1. The lowest BCUT2D eigenvalue weighted by molar-refractivity contribution is -0.116. The number of anilines is 1. The maximum Gasteiger partial charge on any atom is 0.321 e. The Balaban J connectivity index is 1.32. The van der Waals surface area contributed by atoms with Gasteiger partial charge in [-0.05, 0) is 64.1 Å². The summed E-state index contributed by atoms with van der Waals surface area (Å²) in [7, 11) is 5.84. The van der Waals surface area contributed by atoms with Crippen LogP contribution in [0.5, 0.6) is 5.88 Å². The zero-order valence-electron chi connectivity index (χ0n) is 22.2. The number of hydrogen-bond donors (Lipinski definition) is 1. The summed E-state index contributed by atoms with van der Waals surface area (Å²) < 4.78 is 5.03. The third kappa shape index (κ3) is 4.89. The predicted molar refractivity (Wildman–Crippen MR) is 141 cm³/mol. The SMILES string of the molecule is COc1cnc(NC(=O)CN2C[C@]3(CC[C@@](c4ccccc4)(N(C)C)CC3)N(CC3CCC3)C2=O)cn1.